The van der Waals surface area contributed by atoms with Crippen molar-refractivity contribution in [3.05, 3.63) is 76.3 Å². The Morgan fingerprint density at radius 2 is 1.93 bits per heavy atom. The van der Waals surface area contributed by atoms with Crippen molar-refractivity contribution in [1.82, 2.24) is 9.55 Å². The maximum Gasteiger partial charge on any atom is 0.202 e. The molecule has 0 amide bonds. The van der Waals surface area contributed by atoms with Crippen LogP contribution in [0.15, 0.2) is 48.7 Å². The van der Waals surface area contributed by atoms with Crippen molar-refractivity contribution in [3.63, 3.8) is 0 Å². The molecular weight excluding hydrogens is 376 g/mol. The van der Waals surface area contributed by atoms with Gasteiger partial charge in [-0.3, -0.25) is 4.79 Å². The highest BCUT2D eigenvalue weighted by molar-refractivity contribution is 6.30. The first-order valence-corrected chi connectivity index (χ1v) is 9.43. The molecule has 28 heavy (non-hydrogen) atoms. The van der Waals surface area contributed by atoms with Crippen molar-refractivity contribution < 1.29 is 14.3 Å². The van der Waals surface area contributed by atoms with Crippen molar-refractivity contribution in [2.45, 2.75) is 26.8 Å². The molecule has 0 aliphatic heterocycles. The first-order valence-electron chi connectivity index (χ1n) is 9.05. The Labute approximate surface area is 169 Å². The van der Waals surface area contributed by atoms with Crippen LogP contribution in [0.1, 0.15) is 27.3 Å². The molecule has 1 aromatic carbocycles. The number of benzene rings is 1. The molecule has 0 bridgehead atoms. The molecule has 3 rings (SSSR count). The van der Waals surface area contributed by atoms with E-state index >= 15 is 0 Å². The largest absolute Gasteiger partial charge is 0.497 e. The van der Waals surface area contributed by atoms with E-state index in [-0.39, 0.29) is 17.5 Å². The van der Waals surface area contributed by atoms with Crippen molar-refractivity contribution in [3.8, 4) is 11.5 Å². The van der Waals surface area contributed by atoms with E-state index in [0.717, 1.165) is 30.1 Å². The Kier molecular flexibility index (Phi) is 6.37. The summed E-state index contributed by atoms with van der Waals surface area (Å²) in [5.41, 5.74) is 3.88. The standard InChI is InChI=1S/C22H23ClN2O3/c1-15-13-19(20(26)14-28-21-5-4-11-24-22(21)23)16(2)25(15)12-10-17-6-8-18(27-3)9-7-17/h4-9,11,13H,10,12,14H2,1-3H3. The van der Waals surface area contributed by atoms with Gasteiger partial charge in [0.15, 0.2) is 17.5 Å². The Morgan fingerprint density at radius 1 is 1.18 bits per heavy atom. The number of aromatic nitrogens is 2. The predicted molar refractivity (Wildman–Crippen MR) is 110 cm³/mol. The molecule has 0 radical (unpaired) electrons. The highest BCUT2D eigenvalue weighted by atomic mass is 35.5. The van der Waals surface area contributed by atoms with Gasteiger partial charge in [-0.2, -0.15) is 0 Å². The molecule has 2 heterocycles. The number of rotatable bonds is 8. The van der Waals surface area contributed by atoms with Crippen LogP contribution >= 0.6 is 11.6 Å². The summed E-state index contributed by atoms with van der Waals surface area (Å²) in [4.78, 5) is 16.6. The van der Waals surface area contributed by atoms with Gasteiger partial charge in [-0.15, -0.1) is 0 Å². The zero-order valence-electron chi connectivity index (χ0n) is 16.2. The zero-order chi connectivity index (χ0) is 20.1. The number of pyridine rings is 1. The van der Waals surface area contributed by atoms with Crippen molar-refractivity contribution in [2.24, 2.45) is 0 Å². The fourth-order valence-corrected chi connectivity index (χ4v) is 3.33. The minimum atomic E-state index is -0.0799. The van der Waals surface area contributed by atoms with E-state index in [4.69, 9.17) is 21.1 Å². The van der Waals surface area contributed by atoms with Gasteiger partial charge >= 0.3 is 0 Å². The molecule has 0 spiro atoms. The zero-order valence-corrected chi connectivity index (χ0v) is 17.0. The molecule has 3 aromatic rings. The van der Waals surface area contributed by atoms with Crippen molar-refractivity contribution in [1.29, 1.82) is 0 Å². The molecule has 0 aliphatic carbocycles. The Morgan fingerprint density at radius 3 is 2.61 bits per heavy atom. The van der Waals surface area contributed by atoms with Gasteiger partial charge in [0.2, 0.25) is 5.78 Å². The van der Waals surface area contributed by atoms with Crippen LogP contribution in [0.25, 0.3) is 0 Å². The minimum absolute atomic E-state index is 0.0752. The second-order valence-electron chi connectivity index (χ2n) is 6.54. The quantitative estimate of drug-likeness (QED) is 0.409. The average molecular weight is 399 g/mol. The van der Waals surface area contributed by atoms with Crippen LogP contribution in [-0.4, -0.2) is 29.1 Å². The summed E-state index contributed by atoms with van der Waals surface area (Å²) in [6, 6.07) is 13.4. The number of halogens is 1. The number of Topliss-reactive ketones (excluding diaryl/α,β-unsaturated/α-hetero) is 1. The van der Waals surface area contributed by atoms with Crippen LogP contribution in [0.2, 0.25) is 5.15 Å². The molecule has 0 fully saturated rings. The summed E-state index contributed by atoms with van der Waals surface area (Å²) in [7, 11) is 1.66. The second-order valence-corrected chi connectivity index (χ2v) is 6.90. The molecule has 0 aliphatic rings. The summed E-state index contributed by atoms with van der Waals surface area (Å²) >= 11 is 5.97. The molecule has 2 aromatic heterocycles. The van der Waals surface area contributed by atoms with Crippen LogP contribution in [0.5, 0.6) is 11.5 Å². The van der Waals surface area contributed by atoms with Gasteiger partial charge in [0.1, 0.15) is 5.75 Å². The van der Waals surface area contributed by atoms with Gasteiger partial charge in [0, 0.05) is 29.7 Å². The molecule has 0 N–H and O–H groups in total. The number of ether oxygens (including phenoxy) is 2. The van der Waals surface area contributed by atoms with E-state index in [0.29, 0.717) is 11.3 Å². The number of aryl methyl sites for hydroxylation is 2. The second kappa shape index (κ2) is 8.93. The molecule has 0 unspecified atom stereocenters. The Bertz CT molecular complexity index is 964. The van der Waals surface area contributed by atoms with Gasteiger partial charge in [-0.05, 0) is 56.2 Å². The molecule has 0 atom stereocenters. The SMILES string of the molecule is COc1ccc(CCn2c(C)cc(C(=O)COc3cccnc3Cl)c2C)cc1. The maximum atomic E-state index is 12.6. The van der Waals surface area contributed by atoms with Gasteiger partial charge in [0.25, 0.3) is 0 Å². The third-order valence-electron chi connectivity index (χ3n) is 4.74. The monoisotopic (exact) mass is 398 g/mol. The Balaban J connectivity index is 1.66. The van der Waals surface area contributed by atoms with Gasteiger partial charge < -0.3 is 14.0 Å². The fourth-order valence-electron chi connectivity index (χ4n) is 3.16. The normalized spacial score (nSPS) is 10.7. The van der Waals surface area contributed by atoms with Gasteiger partial charge in [-0.25, -0.2) is 4.98 Å². The predicted octanol–water partition coefficient (Wildman–Crippen LogP) is 4.67. The molecule has 5 nitrogen and oxygen atoms in total. The minimum Gasteiger partial charge on any atom is -0.497 e. The van der Waals surface area contributed by atoms with E-state index in [1.165, 1.54) is 5.56 Å². The number of nitrogens with zero attached hydrogens (tertiary/aromatic N) is 2. The lowest BCUT2D eigenvalue weighted by Crippen LogP contribution is -2.13. The van der Waals surface area contributed by atoms with E-state index in [1.807, 2.05) is 32.0 Å². The van der Waals surface area contributed by atoms with E-state index in [9.17, 15) is 4.79 Å². The number of carbonyl (C=O) groups is 1. The first-order chi connectivity index (χ1) is 13.5. The van der Waals surface area contributed by atoms with Crippen molar-refractivity contribution in [2.75, 3.05) is 13.7 Å². The lowest BCUT2D eigenvalue weighted by Gasteiger charge is -2.11. The maximum absolute atomic E-state index is 12.6. The number of hydrogen-bond donors (Lipinski definition) is 0. The molecule has 0 saturated heterocycles. The fraction of sp³-hybridized carbons (Fsp3) is 0.273. The van der Waals surface area contributed by atoms with Crippen molar-refractivity contribution >= 4 is 17.4 Å². The third-order valence-corrected chi connectivity index (χ3v) is 5.02. The number of hydrogen-bond acceptors (Lipinski definition) is 4. The number of carbonyl (C=O) groups excluding carboxylic acids is 1. The Hall–Kier alpha value is -2.79. The molecular formula is C22H23ClN2O3. The molecule has 146 valence electrons. The van der Waals surface area contributed by atoms with Crippen LogP contribution in [0.4, 0.5) is 0 Å². The lowest BCUT2D eigenvalue weighted by atomic mass is 10.1. The van der Waals surface area contributed by atoms with E-state index < -0.39 is 0 Å². The highest BCUT2D eigenvalue weighted by Crippen LogP contribution is 2.22. The third kappa shape index (κ3) is 4.54. The van der Waals surface area contributed by atoms with Crippen LogP contribution in [-0.2, 0) is 13.0 Å². The topological polar surface area (TPSA) is 53.4 Å². The van der Waals surface area contributed by atoms with Crippen LogP contribution in [0, 0.1) is 13.8 Å². The number of ketones is 1. The van der Waals surface area contributed by atoms with Gasteiger partial charge in [0.05, 0.1) is 7.11 Å². The molecule has 0 saturated carbocycles. The summed E-state index contributed by atoms with van der Waals surface area (Å²) < 4.78 is 12.9. The van der Waals surface area contributed by atoms with Crippen LogP contribution < -0.4 is 9.47 Å². The summed E-state index contributed by atoms with van der Waals surface area (Å²) in [6.45, 7) is 4.70. The summed E-state index contributed by atoms with van der Waals surface area (Å²) in [5.74, 6) is 1.17. The number of methoxy groups -OCH3 is 1. The molecule has 6 heteroatoms. The summed E-state index contributed by atoms with van der Waals surface area (Å²) in [5, 5.41) is 0.250. The highest BCUT2D eigenvalue weighted by Gasteiger charge is 2.17. The van der Waals surface area contributed by atoms with E-state index in [2.05, 4.69) is 21.7 Å². The lowest BCUT2D eigenvalue weighted by molar-refractivity contribution is 0.0920. The first kappa shape index (κ1) is 20.0. The van der Waals surface area contributed by atoms with Gasteiger partial charge in [-0.1, -0.05) is 23.7 Å². The van der Waals surface area contributed by atoms with Crippen LogP contribution in [0.3, 0.4) is 0 Å². The van der Waals surface area contributed by atoms with E-state index in [1.54, 1.807) is 25.4 Å². The average Bonchev–Trinajstić information content (AvgIpc) is 2.99. The summed E-state index contributed by atoms with van der Waals surface area (Å²) in [6.07, 6.45) is 2.45. The smallest absolute Gasteiger partial charge is 0.202 e.